The van der Waals surface area contributed by atoms with Gasteiger partial charge in [-0.3, -0.25) is 0 Å². The zero-order valence-electron chi connectivity index (χ0n) is 6.96. The van der Waals surface area contributed by atoms with Gasteiger partial charge in [-0.1, -0.05) is 13.8 Å². The lowest BCUT2D eigenvalue weighted by molar-refractivity contribution is 0.388. The monoisotopic (exact) mass is 151 g/mol. The standard InChI is InChI=1S/C8H11N2O/c1-6(2)7-4-9-5-10-8(7)11-3/h5-6H,1-3H3. The van der Waals surface area contributed by atoms with Crippen molar-refractivity contribution in [3.63, 3.8) is 0 Å². The molecule has 0 saturated heterocycles. The van der Waals surface area contributed by atoms with Gasteiger partial charge in [0.1, 0.15) is 6.33 Å². The zero-order chi connectivity index (χ0) is 8.27. The second-order valence-electron chi connectivity index (χ2n) is 2.56. The molecule has 3 heteroatoms. The van der Waals surface area contributed by atoms with Crippen LogP contribution >= 0.6 is 0 Å². The molecule has 0 spiro atoms. The van der Waals surface area contributed by atoms with E-state index in [-0.39, 0.29) is 0 Å². The van der Waals surface area contributed by atoms with Gasteiger partial charge in [0, 0.05) is 5.56 Å². The molecule has 3 nitrogen and oxygen atoms in total. The number of hydrogen-bond donors (Lipinski definition) is 0. The lowest BCUT2D eigenvalue weighted by atomic mass is 10.1. The fourth-order valence-electron chi connectivity index (χ4n) is 0.836. The van der Waals surface area contributed by atoms with Gasteiger partial charge in [0.2, 0.25) is 5.88 Å². The largest absolute Gasteiger partial charge is 0.481 e. The second-order valence-corrected chi connectivity index (χ2v) is 2.56. The SMILES string of the molecule is COc1ncn[c]c1C(C)C. The average Bonchev–Trinajstić information content (AvgIpc) is 2.04. The van der Waals surface area contributed by atoms with E-state index in [1.807, 2.05) is 0 Å². The first kappa shape index (κ1) is 7.98. The third-order valence-corrected chi connectivity index (χ3v) is 1.42. The molecule has 1 aromatic rings. The maximum absolute atomic E-state index is 5.02. The molecule has 0 atom stereocenters. The van der Waals surface area contributed by atoms with E-state index in [9.17, 15) is 0 Å². The smallest absolute Gasteiger partial charge is 0.220 e. The van der Waals surface area contributed by atoms with Crippen LogP contribution in [0.2, 0.25) is 0 Å². The molecule has 0 unspecified atom stereocenters. The normalized spacial score (nSPS) is 10.2. The molecular formula is C8H11N2O. The van der Waals surface area contributed by atoms with Crippen LogP contribution in [0.1, 0.15) is 25.3 Å². The lowest BCUT2D eigenvalue weighted by Gasteiger charge is -2.07. The van der Waals surface area contributed by atoms with Crippen molar-refractivity contribution in [1.29, 1.82) is 0 Å². The molecule has 0 aliphatic heterocycles. The highest BCUT2D eigenvalue weighted by Gasteiger charge is 2.07. The van der Waals surface area contributed by atoms with Crippen LogP contribution in [0.25, 0.3) is 0 Å². The Morgan fingerprint density at radius 1 is 1.55 bits per heavy atom. The van der Waals surface area contributed by atoms with Crippen molar-refractivity contribution in [1.82, 2.24) is 9.97 Å². The fraction of sp³-hybridized carbons (Fsp3) is 0.500. The highest BCUT2D eigenvalue weighted by atomic mass is 16.5. The molecule has 0 N–H and O–H groups in total. The number of aromatic nitrogens is 2. The molecular weight excluding hydrogens is 140 g/mol. The summed E-state index contributed by atoms with van der Waals surface area (Å²) < 4.78 is 5.02. The fourth-order valence-corrected chi connectivity index (χ4v) is 0.836. The number of rotatable bonds is 2. The maximum Gasteiger partial charge on any atom is 0.220 e. The Morgan fingerprint density at radius 2 is 2.27 bits per heavy atom. The topological polar surface area (TPSA) is 35.0 Å². The minimum Gasteiger partial charge on any atom is -0.481 e. The van der Waals surface area contributed by atoms with Crippen LogP contribution in [0, 0.1) is 6.20 Å². The summed E-state index contributed by atoms with van der Waals surface area (Å²) in [6.07, 6.45) is 4.29. The van der Waals surface area contributed by atoms with Crippen molar-refractivity contribution in [2.24, 2.45) is 0 Å². The van der Waals surface area contributed by atoms with Gasteiger partial charge in [-0.05, 0) is 5.92 Å². The number of methoxy groups -OCH3 is 1. The van der Waals surface area contributed by atoms with Crippen LogP contribution in [0.3, 0.4) is 0 Å². The summed E-state index contributed by atoms with van der Waals surface area (Å²) in [4.78, 5) is 7.75. The van der Waals surface area contributed by atoms with Gasteiger partial charge in [0.05, 0.1) is 13.3 Å². The Balaban J connectivity index is 3.02. The Hall–Kier alpha value is -1.12. The van der Waals surface area contributed by atoms with E-state index >= 15 is 0 Å². The van der Waals surface area contributed by atoms with Crippen LogP contribution in [0.5, 0.6) is 5.88 Å². The molecule has 1 rings (SSSR count). The third-order valence-electron chi connectivity index (χ3n) is 1.42. The summed E-state index contributed by atoms with van der Waals surface area (Å²) in [6.45, 7) is 4.11. The van der Waals surface area contributed by atoms with Crippen LogP contribution in [0.15, 0.2) is 6.33 Å². The average molecular weight is 151 g/mol. The predicted molar refractivity (Wildman–Crippen MR) is 41.5 cm³/mol. The van der Waals surface area contributed by atoms with Crippen molar-refractivity contribution < 1.29 is 4.74 Å². The van der Waals surface area contributed by atoms with Crippen LogP contribution in [-0.2, 0) is 0 Å². The first-order valence-corrected chi connectivity index (χ1v) is 3.52. The molecule has 1 aromatic heterocycles. The number of ether oxygens (including phenoxy) is 1. The Bertz CT molecular complexity index is 235. The van der Waals surface area contributed by atoms with Gasteiger partial charge in [0.25, 0.3) is 0 Å². The predicted octanol–water partition coefficient (Wildman–Crippen LogP) is 1.41. The van der Waals surface area contributed by atoms with Crippen molar-refractivity contribution in [3.8, 4) is 5.88 Å². The van der Waals surface area contributed by atoms with Crippen LogP contribution in [0.4, 0.5) is 0 Å². The third kappa shape index (κ3) is 1.67. The minimum atomic E-state index is 0.353. The molecule has 59 valence electrons. The van der Waals surface area contributed by atoms with E-state index in [4.69, 9.17) is 4.74 Å². The molecule has 0 fully saturated rings. The van der Waals surface area contributed by atoms with E-state index in [1.165, 1.54) is 6.33 Å². The van der Waals surface area contributed by atoms with Crippen LogP contribution < -0.4 is 4.74 Å². The summed E-state index contributed by atoms with van der Waals surface area (Å²) >= 11 is 0. The maximum atomic E-state index is 5.02. The highest BCUT2D eigenvalue weighted by Crippen LogP contribution is 2.20. The Kier molecular flexibility index (Phi) is 2.41. The van der Waals surface area contributed by atoms with Gasteiger partial charge in [-0.2, -0.15) is 0 Å². The lowest BCUT2D eigenvalue weighted by Crippen LogP contribution is -1.97. The summed E-state index contributed by atoms with van der Waals surface area (Å²) in [5.41, 5.74) is 0.926. The van der Waals surface area contributed by atoms with Gasteiger partial charge in [-0.25, -0.2) is 9.97 Å². The van der Waals surface area contributed by atoms with E-state index in [0.717, 1.165) is 5.56 Å². The molecule has 0 aromatic carbocycles. The van der Waals surface area contributed by atoms with Crippen molar-refractivity contribution >= 4 is 0 Å². The quantitative estimate of drug-likeness (QED) is 0.641. The van der Waals surface area contributed by atoms with Gasteiger partial charge in [0.15, 0.2) is 0 Å². The van der Waals surface area contributed by atoms with Gasteiger partial charge < -0.3 is 4.74 Å². The van der Waals surface area contributed by atoms with Crippen molar-refractivity contribution in [2.45, 2.75) is 19.8 Å². The molecule has 0 amide bonds. The summed E-state index contributed by atoms with van der Waals surface area (Å²) in [7, 11) is 1.60. The van der Waals surface area contributed by atoms with E-state index < -0.39 is 0 Å². The molecule has 0 aliphatic rings. The van der Waals surface area contributed by atoms with Crippen molar-refractivity contribution in [2.75, 3.05) is 7.11 Å². The van der Waals surface area contributed by atoms with E-state index in [0.29, 0.717) is 11.8 Å². The second kappa shape index (κ2) is 3.32. The molecule has 0 bridgehead atoms. The summed E-state index contributed by atoms with van der Waals surface area (Å²) in [5, 5.41) is 0. The zero-order valence-corrected chi connectivity index (χ0v) is 6.96. The molecule has 1 heterocycles. The number of hydrogen-bond acceptors (Lipinski definition) is 3. The molecule has 1 radical (unpaired) electrons. The first-order chi connectivity index (χ1) is 5.25. The molecule has 0 saturated carbocycles. The van der Waals surface area contributed by atoms with Crippen LogP contribution in [-0.4, -0.2) is 17.1 Å². The molecule has 0 aliphatic carbocycles. The first-order valence-electron chi connectivity index (χ1n) is 3.52. The Labute approximate surface area is 66.4 Å². The van der Waals surface area contributed by atoms with E-state index in [1.54, 1.807) is 7.11 Å². The number of nitrogens with zero attached hydrogens (tertiary/aromatic N) is 2. The van der Waals surface area contributed by atoms with Gasteiger partial charge >= 0.3 is 0 Å². The van der Waals surface area contributed by atoms with Crippen molar-refractivity contribution in [3.05, 3.63) is 18.1 Å². The Morgan fingerprint density at radius 3 is 2.73 bits per heavy atom. The van der Waals surface area contributed by atoms with E-state index in [2.05, 4.69) is 30.0 Å². The minimum absolute atomic E-state index is 0.353. The van der Waals surface area contributed by atoms with Gasteiger partial charge in [-0.15, -0.1) is 0 Å². The highest BCUT2D eigenvalue weighted by molar-refractivity contribution is 5.24. The summed E-state index contributed by atoms with van der Waals surface area (Å²) in [6, 6.07) is 0. The summed E-state index contributed by atoms with van der Waals surface area (Å²) in [5.74, 6) is 0.973. The molecule has 11 heavy (non-hydrogen) atoms.